The van der Waals surface area contributed by atoms with E-state index in [-0.39, 0.29) is 5.56 Å². The van der Waals surface area contributed by atoms with Crippen molar-refractivity contribution in [3.8, 4) is 11.4 Å². The molecular weight excluding hydrogens is 320 g/mol. The van der Waals surface area contributed by atoms with Crippen LogP contribution in [0.5, 0.6) is 0 Å². The molecule has 0 atom stereocenters. The monoisotopic (exact) mass is 336 g/mol. The first-order chi connectivity index (χ1) is 12.1. The largest absolute Gasteiger partial charge is 0.478 e. The first-order valence-corrected chi connectivity index (χ1v) is 7.95. The Morgan fingerprint density at radius 3 is 2.88 bits per heavy atom. The quantitative estimate of drug-likeness (QED) is 0.738. The minimum Gasteiger partial charge on any atom is -0.478 e. The smallest absolute Gasteiger partial charge is 0.337 e. The number of anilines is 2. The lowest BCUT2D eigenvalue weighted by atomic mass is 10.1. The summed E-state index contributed by atoms with van der Waals surface area (Å²) in [5, 5.41) is 16.8. The predicted molar refractivity (Wildman–Crippen MR) is 90.7 cm³/mol. The fourth-order valence-electron chi connectivity index (χ4n) is 2.58. The van der Waals surface area contributed by atoms with Gasteiger partial charge in [0.15, 0.2) is 0 Å². The maximum absolute atomic E-state index is 11.4. The Morgan fingerprint density at radius 1 is 1.28 bits per heavy atom. The lowest BCUT2D eigenvalue weighted by Crippen LogP contribution is -2.05. The molecule has 1 aliphatic rings. The van der Waals surface area contributed by atoms with Gasteiger partial charge in [0, 0.05) is 18.6 Å². The molecule has 2 N–H and O–H groups in total. The summed E-state index contributed by atoms with van der Waals surface area (Å²) in [4.78, 5) is 24.4. The lowest BCUT2D eigenvalue weighted by molar-refractivity contribution is 0.0697. The summed E-state index contributed by atoms with van der Waals surface area (Å²) in [7, 11) is 0. The van der Waals surface area contributed by atoms with Crippen LogP contribution in [-0.2, 0) is 0 Å². The number of carboxylic acids is 1. The number of nitrogens with zero attached hydrogens (tertiary/aromatic N) is 5. The third-order valence-corrected chi connectivity index (χ3v) is 4.01. The molecule has 1 saturated carbocycles. The average Bonchev–Trinajstić information content (AvgIpc) is 3.36. The van der Waals surface area contributed by atoms with Gasteiger partial charge in [-0.15, -0.1) is 0 Å². The van der Waals surface area contributed by atoms with Crippen molar-refractivity contribution in [2.45, 2.75) is 25.8 Å². The third kappa shape index (κ3) is 3.06. The Balaban J connectivity index is 1.67. The Morgan fingerprint density at radius 2 is 2.12 bits per heavy atom. The molecule has 8 heteroatoms. The van der Waals surface area contributed by atoms with E-state index in [0.29, 0.717) is 23.4 Å². The summed E-state index contributed by atoms with van der Waals surface area (Å²) in [5.41, 5.74) is 2.47. The van der Waals surface area contributed by atoms with Crippen LogP contribution in [0.4, 0.5) is 11.6 Å². The van der Waals surface area contributed by atoms with Gasteiger partial charge in [-0.3, -0.25) is 9.67 Å². The van der Waals surface area contributed by atoms with Gasteiger partial charge in [0.2, 0.25) is 5.95 Å². The highest BCUT2D eigenvalue weighted by molar-refractivity contribution is 5.94. The molecule has 25 heavy (non-hydrogen) atoms. The number of hydrogen-bond donors (Lipinski definition) is 2. The van der Waals surface area contributed by atoms with Crippen LogP contribution in [0.1, 0.15) is 34.8 Å². The zero-order valence-corrected chi connectivity index (χ0v) is 13.5. The van der Waals surface area contributed by atoms with E-state index in [2.05, 4.69) is 25.4 Å². The van der Waals surface area contributed by atoms with Crippen LogP contribution in [0.2, 0.25) is 0 Å². The predicted octanol–water partition coefficient (Wildman–Crippen LogP) is 2.82. The van der Waals surface area contributed by atoms with Crippen LogP contribution < -0.4 is 5.32 Å². The van der Waals surface area contributed by atoms with E-state index in [1.165, 1.54) is 6.07 Å². The molecule has 0 saturated heterocycles. The highest BCUT2D eigenvalue weighted by atomic mass is 16.4. The standard InChI is InChI=1S/C17H16N6O2/c1-10-7-19-17(21-11-8-20-23(9-11)12-4-5-12)22-14(10)15-13(16(24)25)3-2-6-18-15/h2-3,6-9,12H,4-5H2,1H3,(H,24,25)(H,19,21,22). The van der Waals surface area contributed by atoms with Gasteiger partial charge in [0.05, 0.1) is 29.2 Å². The Kier molecular flexibility index (Phi) is 3.64. The number of pyridine rings is 1. The SMILES string of the molecule is Cc1cnc(Nc2cnn(C3CC3)c2)nc1-c1ncccc1C(=O)O. The molecule has 0 aromatic carbocycles. The number of aryl methyl sites for hydroxylation is 1. The fraction of sp³-hybridized carbons (Fsp3) is 0.235. The first-order valence-electron chi connectivity index (χ1n) is 7.95. The van der Waals surface area contributed by atoms with Gasteiger partial charge in [-0.1, -0.05) is 0 Å². The molecule has 0 spiro atoms. The number of nitrogens with one attached hydrogen (secondary N) is 1. The molecule has 1 fully saturated rings. The molecule has 0 radical (unpaired) electrons. The second kappa shape index (κ2) is 5.97. The maximum atomic E-state index is 11.4. The van der Waals surface area contributed by atoms with Crippen molar-refractivity contribution in [2.24, 2.45) is 0 Å². The molecule has 0 amide bonds. The van der Waals surface area contributed by atoms with Crippen molar-refractivity contribution in [1.29, 1.82) is 0 Å². The topological polar surface area (TPSA) is 106 Å². The van der Waals surface area contributed by atoms with E-state index in [1.54, 1.807) is 24.7 Å². The maximum Gasteiger partial charge on any atom is 0.337 e. The minimum absolute atomic E-state index is 0.108. The Labute approximate surface area is 143 Å². The molecule has 0 unspecified atom stereocenters. The van der Waals surface area contributed by atoms with E-state index in [9.17, 15) is 9.90 Å². The number of rotatable bonds is 5. The van der Waals surface area contributed by atoms with Crippen molar-refractivity contribution >= 4 is 17.6 Å². The lowest BCUT2D eigenvalue weighted by Gasteiger charge is -2.09. The van der Waals surface area contributed by atoms with Crippen molar-refractivity contribution in [2.75, 3.05) is 5.32 Å². The molecule has 3 aromatic heterocycles. The van der Waals surface area contributed by atoms with E-state index in [1.807, 2.05) is 17.8 Å². The second-order valence-corrected chi connectivity index (χ2v) is 6.00. The minimum atomic E-state index is -1.04. The molecule has 1 aliphatic carbocycles. The summed E-state index contributed by atoms with van der Waals surface area (Å²) < 4.78 is 1.93. The highest BCUT2D eigenvalue weighted by Crippen LogP contribution is 2.34. The Bertz CT molecular complexity index is 948. The number of carbonyl (C=O) groups is 1. The van der Waals surface area contributed by atoms with Gasteiger partial charge in [-0.05, 0) is 37.5 Å². The van der Waals surface area contributed by atoms with E-state index < -0.39 is 5.97 Å². The van der Waals surface area contributed by atoms with Gasteiger partial charge >= 0.3 is 5.97 Å². The van der Waals surface area contributed by atoms with Crippen molar-refractivity contribution in [3.63, 3.8) is 0 Å². The van der Waals surface area contributed by atoms with E-state index >= 15 is 0 Å². The molecular formula is C17H16N6O2. The van der Waals surface area contributed by atoms with Gasteiger partial charge in [0.25, 0.3) is 0 Å². The molecule has 8 nitrogen and oxygen atoms in total. The van der Waals surface area contributed by atoms with Crippen LogP contribution in [0.3, 0.4) is 0 Å². The number of hydrogen-bond acceptors (Lipinski definition) is 6. The van der Waals surface area contributed by atoms with Crippen LogP contribution >= 0.6 is 0 Å². The van der Waals surface area contributed by atoms with Crippen molar-refractivity contribution in [3.05, 3.63) is 48.0 Å². The van der Waals surface area contributed by atoms with Crippen molar-refractivity contribution < 1.29 is 9.90 Å². The van der Waals surface area contributed by atoms with E-state index in [0.717, 1.165) is 24.1 Å². The van der Waals surface area contributed by atoms with Crippen LogP contribution in [-0.4, -0.2) is 35.8 Å². The number of carboxylic acid groups (broad SMARTS) is 1. The fourth-order valence-corrected chi connectivity index (χ4v) is 2.58. The Hall–Kier alpha value is -3.29. The zero-order valence-electron chi connectivity index (χ0n) is 13.5. The normalized spacial score (nSPS) is 13.6. The van der Waals surface area contributed by atoms with Crippen LogP contribution in [0.25, 0.3) is 11.4 Å². The molecule has 3 heterocycles. The third-order valence-electron chi connectivity index (χ3n) is 4.01. The molecule has 3 aromatic rings. The van der Waals surface area contributed by atoms with Gasteiger partial charge < -0.3 is 10.4 Å². The average molecular weight is 336 g/mol. The highest BCUT2D eigenvalue weighted by Gasteiger charge is 2.24. The van der Waals surface area contributed by atoms with Gasteiger partial charge in [-0.2, -0.15) is 5.10 Å². The zero-order chi connectivity index (χ0) is 17.4. The molecule has 4 rings (SSSR count). The van der Waals surface area contributed by atoms with E-state index in [4.69, 9.17) is 0 Å². The molecule has 0 aliphatic heterocycles. The van der Waals surface area contributed by atoms with Crippen LogP contribution in [0.15, 0.2) is 36.9 Å². The summed E-state index contributed by atoms with van der Waals surface area (Å²) in [5.74, 6) is -0.667. The summed E-state index contributed by atoms with van der Waals surface area (Å²) in [6, 6.07) is 3.60. The molecule has 126 valence electrons. The first kappa shape index (κ1) is 15.3. The summed E-state index contributed by atoms with van der Waals surface area (Å²) >= 11 is 0. The number of aromatic carboxylic acids is 1. The van der Waals surface area contributed by atoms with Crippen LogP contribution in [0, 0.1) is 6.92 Å². The van der Waals surface area contributed by atoms with Gasteiger partial charge in [0.1, 0.15) is 5.69 Å². The summed E-state index contributed by atoms with van der Waals surface area (Å²) in [6.45, 7) is 1.82. The number of aromatic nitrogens is 5. The van der Waals surface area contributed by atoms with Crippen molar-refractivity contribution in [1.82, 2.24) is 24.7 Å². The summed E-state index contributed by atoms with van der Waals surface area (Å²) in [6.07, 6.45) is 9.16. The molecule has 0 bridgehead atoms. The van der Waals surface area contributed by atoms with Gasteiger partial charge in [-0.25, -0.2) is 14.8 Å². The second-order valence-electron chi connectivity index (χ2n) is 6.00.